The molecule has 2 atom stereocenters. The van der Waals surface area contributed by atoms with Gasteiger partial charge in [0.1, 0.15) is 5.69 Å². The van der Waals surface area contributed by atoms with E-state index in [0.717, 1.165) is 19.3 Å². The smallest absolute Gasteiger partial charge is 0.292 e. The number of rotatable bonds is 5. The van der Waals surface area contributed by atoms with Crippen LogP contribution in [0.25, 0.3) is 0 Å². The summed E-state index contributed by atoms with van der Waals surface area (Å²) in [7, 11) is 0. The van der Waals surface area contributed by atoms with Gasteiger partial charge in [-0.25, -0.2) is 0 Å². The van der Waals surface area contributed by atoms with Crippen molar-refractivity contribution in [2.24, 2.45) is 0 Å². The lowest BCUT2D eigenvalue weighted by atomic mass is 9.98. The second kappa shape index (κ2) is 7.22. The number of para-hydroxylation sites is 2. The van der Waals surface area contributed by atoms with Gasteiger partial charge < -0.3 is 15.3 Å². The molecule has 1 heterocycles. The van der Waals surface area contributed by atoms with Gasteiger partial charge in [0.15, 0.2) is 0 Å². The zero-order chi connectivity index (χ0) is 16.1. The largest absolute Gasteiger partial charge is 0.391 e. The summed E-state index contributed by atoms with van der Waals surface area (Å²) in [6.07, 6.45) is 2.13. The van der Waals surface area contributed by atoms with Gasteiger partial charge in [0, 0.05) is 12.6 Å². The quantitative estimate of drug-likeness (QED) is 0.638. The van der Waals surface area contributed by atoms with Crippen molar-refractivity contribution in [3.8, 4) is 0 Å². The van der Waals surface area contributed by atoms with Crippen LogP contribution in [0.3, 0.4) is 0 Å². The van der Waals surface area contributed by atoms with E-state index in [1.54, 1.807) is 30.0 Å². The molecule has 2 rings (SSSR count). The normalized spacial score (nSPS) is 19.5. The number of hydrogen-bond acceptors (Lipinski definition) is 5. The monoisotopic (exact) mass is 307 g/mol. The maximum Gasteiger partial charge on any atom is 0.292 e. The van der Waals surface area contributed by atoms with E-state index in [0.29, 0.717) is 12.2 Å². The van der Waals surface area contributed by atoms with E-state index in [9.17, 15) is 20.0 Å². The molecular formula is C15H21N3O4. The molecular weight excluding hydrogens is 286 g/mol. The highest BCUT2D eigenvalue weighted by Gasteiger charge is 2.29. The fourth-order valence-corrected chi connectivity index (χ4v) is 2.82. The Balaban J connectivity index is 2.02. The topological polar surface area (TPSA) is 95.7 Å². The lowest BCUT2D eigenvalue weighted by Crippen LogP contribution is -2.50. The fraction of sp³-hybridized carbons (Fsp3) is 0.533. The molecule has 22 heavy (non-hydrogen) atoms. The third-order valence-corrected chi connectivity index (χ3v) is 3.96. The molecule has 0 aromatic heterocycles. The molecule has 2 unspecified atom stereocenters. The average molecular weight is 307 g/mol. The number of nitro groups is 1. The number of nitro benzene ring substituents is 1. The van der Waals surface area contributed by atoms with E-state index in [1.807, 2.05) is 0 Å². The van der Waals surface area contributed by atoms with Crippen LogP contribution in [0.5, 0.6) is 0 Å². The number of hydrogen-bond donors (Lipinski definition) is 2. The summed E-state index contributed by atoms with van der Waals surface area (Å²) in [6.45, 7) is 2.28. The molecule has 1 aromatic carbocycles. The average Bonchev–Trinajstić information content (AvgIpc) is 2.52. The second-order valence-corrected chi connectivity index (χ2v) is 5.52. The van der Waals surface area contributed by atoms with Crippen LogP contribution in [0.2, 0.25) is 0 Å². The van der Waals surface area contributed by atoms with Gasteiger partial charge in [-0.3, -0.25) is 14.9 Å². The van der Waals surface area contributed by atoms with Gasteiger partial charge in [0.25, 0.3) is 5.69 Å². The van der Waals surface area contributed by atoms with Crippen LogP contribution in [-0.4, -0.2) is 46.1 Å². The number of aliphatic hydroxyl groups excluding tert-OH is 1. The van der Waals surface area contributed by atoms with Gasteiger partial charge in [0.2, 0.25) is 5.91 Å². The number of likely N-dealkylation sites (tertiary alicyclic amines) is 1. The number of carbonyl (C=O) groups excluding carboxylic acids is 1. The molecule has 7 nitrogen and oxygen atoms in total. The highest BCUT2D eigenvalue weighted by Crippen LogP contribution is 2.24. The highest BCUT2D eigenvalue weighted by molar-refractivity contribution is 5.82. The van der Waals surface area contributed by atoms with Crippen molar-refractivity contribution in [2.45, 2.75) is 38.3 Å². The van der Waals surface area contributed by atoms with Crippen LogP contribution < -0.4 is 5.32 Å². The van der Waals surface area contributed by atoms with Crippen molar-refractivity contribution in [1.82, 2.24) is 4.90 Å². The van der Waals surface area contributed by atoms with E-state index in [1.165, 1.54) is 6.07 Å². The van der Waals surface area contributed by atoms with E-state index >= 15 is 0 Å². The Morgan fingerprint density at radius 3 is 2.91 bits per heavy atom. The van der Waals surface area contributed by atoms with Crippen LogP contribution in [0, 0.1) is 10.1 Å². The predicted octanol–water partition coefficient (Wildman–Crippen LogP) is 1.77. The Bertz CT molecular complexity index is 547. The van der Waals surface area contributed by atoms with E-state index in [-0.39, 0.29) is 24.2 Å². The highest BCUT2D eigenvalue weighted by atomic mass is 16.6. The predicted molar refractivity (Wildman–Crippen MR) is 82.6 cm³/mol. The van der Waals surface area contributed by atoms with Crippen molar-refractivity contribution >= 4 is 17.3 Å². The van der Waals surface area contributed by atoms with Gasteiger partial charge in [-0.1, -0.05) is 12.1 Å². The van der Waals surface area contributed by atoms with Gasteiger partial charge in [-0.2, -0.15) is 0 Å². The molecule has 0 spiro atoms. The number of aliphatic hydroxyl groups is 1. The molecule has 1 aromatic rings. The van der Waals surface area contributed by atoms with Crippen molar-refractivity contribution in [3.63, 3.8) is 0 Å². The van der Waals surface area contributed by atoms with Gasteiger partial charge >= 0.3 is 0 Å². The molecule has 1 aliphatic heterocycles. The molecule has 1 saturated heterocycles. The minimum Gasteiger partial charge on any atom is -0.391 e. The molecule has 0 bridgehead atoms. The summed E-state index contributed by atoms with van der Waals surface area (Å²) in [4.78, 5) is 24.5. The van der Waals surface area contributed by atoms with Crippen molar-refractivity contribution in [3.05, 3.63) is 34.4 Å². The van der Waals surface area contributed by atoms with Gasteiger partial charge in [0.05, 0.1) is 23.6 Å². The fourth-order valence-electron chi connectivity index (χ4n) is 2.82. The maximum absolute atomic E-state index is 12.3. The number of nitrogens with zero attached hydrogens (tertiary/aromatic N) is 2. The van der Waals surface area contributed by atoms with E-state index < -0.39 is 11.0 Å². The molecule has 0 radical (unpaired) electrons. The van der Waals surface area contributed by atoms with E-state index in [4.69, 9.17) is 0 Å². The molecule has 7 heteroatoms. The first-order chi connectivity index (χ1) is 10.5. The Morgan fingerprint density at radius 2 is 2.23 bits per heavy atom. The summed E-state index contributed by atoms with van der Waals surface area (Å²) < 4.78 is 0. The maximum atomic E-state index is 12.3. The van der Waals surface area contributed by atoms with Crippen LogP contribution in [0.4, 0.5) is 11.4 Å². The number of nitrogens with one attached hydrogen (secondary N) is 1. The summed E-state index contributed by atoms with van der Waals surface area (Å²) in [6, 6.07) is 6.06. The number of amides is 1. The SMILES string of the molecule is CC(O)C1CCCCN1C(=O)CNc1ccccc1[N+](=O)[O-]. The zero-order valence-electron chi connectivity index (χ0n) is 12.6. The third-order valence-electron chi connectivity index (χ3n) is 3.96. The Labute approximate surface area is 129 Å². The summed E-state index contributed by atoms with van der Waals surface area (Å²) in [5.74, 6) is -0.149. The summed E-state index contributed by atoms with van der Waals surface area (Å²) >= 11 is 0. The minimum atomic E-state index is -0.574. The van der Waals surface area contributed by atoms with Crippen molar-refractivity contribution < 1.29 is 14.8 Å². The Kier molecular flexibility index (Phi) is 5.32. The van der Waals surface area contributed by atoms with Crippen LogP contribution in [-0.2, 0) is 4.79 Å². The number of piperidine rings is 1. The molecule has 2 N–H and O–H groups in total. The summed E-state index contributed by atoms with van der Waals surface area (Å²) in [5, 5.41) is 23.6. The van der Waals surface area contributed by atoms with Crippen LogP contribution >= 0.6 is 0 Å². The molecule has 1 fully saturated rings. The first kappa shape index (κ1) is 16.2. The first-order valence-corrected chi connectivity index (χ1v) is 7.45. The second-order valence-electron chi connectivity index (χ2n) is 5.52. The van der Waals surface area contributed by atoms with E-state index in [2.05, 4.69) is 5.32 Å². The molecule has 0 aliphatic carbocycles. The van der Waals surface area contributed by atoms with Crippen molar-refractivity contribution in [1.29, 1.82) is 0 Å². The van der Waals surface area contributed by atoms with Crippen LogP contribution in [0.15, 0.2) is 24.3 Å². The standard InChI is InChI=1S/C15H21N3O4/c1-11(19)13-7-4-5-9-17(13)15(20)10-16-12-6-2-3-8-14(12)18(21)22/h2-3,6,8,11,13,16,19H,4-5,7,9-10H2,1H3. The number of carbonyl (C=O) groups is 1. The zero-order valence-corrected chi connectivity index (χ0v) is 12.6. The van der Waals surface area contributed by atoms with Crippen molar-refractivity contribution in [2.75, 3.05) is 18.4 Å². The van der Waals surface area contributed by atoms with Gasteiger partial charge in [-0.15, -0.1) is 0 Å². The molecule has 1 amide bonds. The number of benzene rings is 1. The Morgan fingerprint density at radius 1 is 1.50 bits per heavy atom. The summed E-state index contributed by atoms with van der Waals surface area (Å²) in [5.41, 5.74) is 0.271. The molecule has 0 saturated carbocycles. The molecule has 120 valence electrons. The minimum absolute atomic E-state index is 0.0198. The number of anilines is 1. The van der Waals surface area contributed by atoms with Crippen LogP contribution in [0.1, 0.15) is 26.2 Å². The lowest BCUT2D eigenvalue weighted by molar-refractivity contribution is -0.383. The Hall–Kier alpha value is -2.15. The third kappa shape index (κ3) is 3.73. The van der Waals surface area contributed by atoms with Gasteiger partial charge in [-0.05, 0) is 32.3 Å². The lowest BCUT2D eigenvalue weighted by Gasteiger charge is -2.37. The molecule has 1 aliphatic rings. The first-order valence-electron chi connectivity index (χ1n) is 7.45.